The molecule has 222 valence electrons. The minimum Gasteiger partial charge on any atom is -0.379 e. The molecule has 1 unspecified atom stereocenters. The molecule has 2 fully saturated rings. The summed E-state index contributed by atoms with van der Waals surface area (Å²) in [6, 6.07) is 0.922. The first-order valence-corrected chi connectivity index (χ1v) is 13.1. The number of carbonyl (C=O) groups is 3. The number of nitrogens with zero attached hydrogens (tertiary/aromatic N) is 2. The van der Waals surface area contributed by atoms with Crippen LogP contribution in [0.1, 0.15) is 61.0 Å². The summed E-state index contributed by atoms with van der Waals surface area (Å²) in [6.45, 7) is 3.04. The maximum Gasteiger partial charge on any atom is 0.471 e. The van der Waals surface area contributed by atoms with Crippen LogP contribution in [0.5, 0.6) is 0 Å². The van der Waals surface area contributed by atoms with Gasteiger partial charge in [0.05, 0.1) is 30.2 Å². The molecule has 40 heavy (non-hydrogen) atoms. The van der Waals surface area contributed by atoms with Gasteiger partial charge in [-0.15, -0.1) is 0 Å². The maximum absolute atomic E-state index is 14.0. The zero-order chi connectivity index (χ0) is 29.6. The second-order valence-electron chi connectivity index (χ2n) is 11.1. The Hall–Kier alpha value is -2.67. The molecule has 13 heteroatoms. The highest BCUT2D eigenvalue weighted by molar-refractivity contribution is 6.02. The van der Waals surface area contributed by atoms with Crippen LogP contribution in [0.2, 0.25) is 0 Å². The molecule has 4 atom stereocenters. The lowest BCUT2D eigenvalue weighted by Gasteiger charge is -2.44. The van der Waals surface area contributed by atoms with Crippen LogP contribution in [0.15, 0.2) is 18.2 Å². The van der Waals surface area contributed by atoms with Crippen LogP contribution in [-0.4, -0.2) is 78.6 Å². The van der Waals surface area contributed by atoms with Gasteiger partial charge in [-0.1, -0.05) is 19.9 Å². The molecule has 0 spiro atoms. The van der Waals surface area contributed by atoms with Crippen LogP contribution >= 0.6 is 0 Å². The van der Waals surface area contributed by atoms with Crippen molar-refractivity contribution in [2.24, 2.45) is 11.3 Å². The van der Waals surface area contributed by atoms with Gasteiger partial charge in [0.1, 0.15) is 6.10 Å². The summed E-state index contributed by atoms with van der Waals surface area (Å²) in [5, 5.41) is 0. The first-order valence-electron chi connectivity index (χ1n) is 13.1. The fourth-order valence-corrected chi connectivity index (χ4v) is 6.38. The van der Waals surface area contributed by atoms with E-state index in [9.17, 15) is 40.7 Å². The van der Waals surface area contributed by atoms with E-state index in [4.69, 9.17) is 9.47 Å². The molecule has 2 aliphatic heterocycles. The van der Waals surface area contributed by atoms with Gasteiger partial charge in [-0.2, -0.15) is 26.3 Å². The minimum atomic E-state index is -5.15. The molecule has 0 aromatic heterocycles. The van der Waals surface area contributed by atoms with Gasteiger partial charge in [-0.25, -0.2) is 0 Å². The van der Waals surface area contributed by atoms with Crippen molar-refractivity contribution in [2.45, 2.75) is 76.6 Å². The summed E-state index contributed by atoms with van der Waals surface area (Å²) in [5.41, 5.74) is -2.00. The zero-order valence-electron chi connectivity index (χ0n) is 22.4. The van der Waals surface area contributed by atoms with Crippen LogP contribution in [-0.2, 0) is 31.8 Å². The first-order chi connectivity index (χ1) is 18.6. The lowest BCUT2D eigenvalue weighted by Crippen LogP contribution is -2.59. The highest BCUT2D eigenvalue weighted by Crippen LogP contribution is 2.49. The fourth-order valence-electron chi connectivity index (χ4n) is 6.38. The number of hydrogen-bond acceptors (Lipinski definition) is 5. The van der Waals surface area contributed by atoms with E-state index in [1.165, 1.54) is 12.0 Å². The van der Waals surface area contributed by atoms with Gasteiger partial charge >= 0.3 is 18.3 Å². The van der Waals surface area contributed by atoms with Gasteiger partial charge < -0.3 is 19.3 Å². The minimum absolute atomic E-state index is 0.0129. The Morgan fingerprint density at radius 1 is 1.12 bits per heavy atom. The zero-order valence-corrected chi connectivity index (χ0v) is 22.4. The number of alkyl halides is 6. The van der Waals surface area contributed by atoms with Crippen molar-refractivity contribution < 1.29 is 50.2 Å². The number of carbonyl (C=O) groups excluding carboxylic acids is 3. The Bertz CT molecular complexity index is 1150. The largest absolute Gasteiger partial charge is 0.471 e. The van der Waals surface area contributed by atoms with Crippen molar-refractivity contribution in [3.63, 3.8) is 0 Å². The molecule has 2 heterocycles. The lowest BCUT2D eigenvalue weighted by atomic mass is 9.73. The normalized spacial score (nSPS) is 27.6. The molecular formula is C27H32F6N2O5. The summed E-state index contributed by atoms with van der Waals surface area (Å²) >= 11 is 0. The summed E-state index contributed by atoms with van der Waals surface area (Å²) in [5.74, 6) is -3.44. The average molecular weight is 579 g/mol. The van der Waals surface area contributed by atoms with Crippen molar-refractivity contribution in [3.8, 4) is 0 Å². The van der Waals surface area contributed by atoms with Crippen LogP contribution in [0.4, 0.5) is 26.3 Å². The third kappa shape index (κ3) is 5.59. The summed E-state index contributed by atoms with van der Waals surface area (Å²) in [7, 11) is 1.33. The van der Waals surface area contributed by atoms with Crippen LogP contribution in [0.3, 0.4) is 0 Å². The number of methoxy groups -OCH3 is 1. The fraction of sp³-hybridized carbons (Fsp3) is 0.667. The molecule has 7 nitrogen and oxygen atoms in total. The van der Waals surface area contributed by atoms with Crippen molar-refractivity contribution >= 4 is 17.6 Å². The highest BCUT2D eigenvalue weighted by Gasteiger charge is 2.56. The van der Waals surface area contributed by atoms with E-state index < -0.39 is 65.0 Å². The molecule has 4 rings (SSSR count). The van der Waals surface area contributed by atoms with Gasteiger partial charge in [0.15, 0.2) is 5.78 Å². The third-order valence-electron chi connectivity index (χ3n) is 8.57. The molecule has 1 saturated heterocycles. The first kappa shape index (κ1) is 30.3. The molecule has 3 aliphatic rings. The Morgan fingerprint density at radius 3 is 2.42 bits per heavy atom. The number of ether oxygens (including phenoxy) is 2. The van der Waals surface area contributed by atoms with Crippen molar-refractivity contribution in [1.29, 1.82) is 0 Å². The number of amides is 2. The predicted molar refractivity (Wildman–Crippen MR) is 129 cm³/mol. The molecule has 1 aromatic rings. The van der Waals surface area contributed by atoms with E-state index in [0.717, 1.165) is 23.1 Å². The van der Waals surface area contributed by atoms with E-state index in [-0.39, 0.29) is 63.1 Å². The van der Waals surface area contributed by atoms with E-state index in [0.29, 0.717) is 0 Å². The Balaban J connectivity index is 1.64. The van der Waals surface area contributed by atoms with Crippen molar-refractivity contribution in [2.75, 3.05) is 26.9 Å². The Kier molecular flexibility index (Phi) is 8.30. The maximum atomic E-state index is 14.0. The average Bonchev–Trinajstić information content (AvgIpc) is 3.33. The van der Waals surface area contributed by atoms with Crippen LogP contribution in [0.25, 0.3) is 0 Å². The van der Waals surface area contributed by atoms with Gasteiger partial charge in [0, 0.05) is 31.9 Å². The smallest absolute Gasteiger partial charge is 0.379 e. The molecule has 2 amide bonds. The molecule has 0 N–H and O–H groups in total. The van der Waals surface area contributed by atoms with E-state index in [2.05, 4.69) is 0 Å². The monoisotopic (exact) mass is 578 g/mol. The van der Waals surface area contributed by atoms with E-state index in [1.807, 2.05) is 0 Å². The molecule has 1 saturated carbocycles. The Labute approximate surface area is 227 Å². The van der Waals surface area contributed by atoms with Crippen molar-refractivity contribution in [3.05, 3.63) is 34.9 Å². The summed E-state index contributed by atoms with van der Waals surface area (Å²) in [4.78, 5) is 41.6. The highest BCUT2D eigenvalue weighted by atomic mass is 19.4. The second kappa shape index (κ2) is 11.0. The van der Waals surface area contributed by atoms with Crippen LogP contribution in [0, 0.1) is 11.3 Å². The summed E-state index contributed by atoms with van der Waals surface area (Å²) in [6.07, 6.45) is -10.3. The number of halogens is 6. The van der Waals surface area contributed by atoms with Gasteiger partial charge in [0.2, 0.25) is 5.91 Å². The number of Topliss-reactive ketones (excluding diaryl/α,β-unsaturated/α-hetero) is 1. The lowest BCUT2D eigenvalue weighted by molar-refractivity contribution is -0.197. The van der Waals surface area contributed by atoms with E-state index >= 15 is 0 Å². The van der Waals surface area contributed by atoms with Crippen LogP contribution < -0.4 is 0 Å². The third-order valence-corrected chi connectivity index (χ3v) is 8.57. The molecule has 1 aromatic carbocycles. The van der Waals surface area contributed by atoms with Gasteiger partial charge in [-0.05, 0) is 49.3 Å². The number of fused-ring (bicyclic) bond motifs is 1. The topological polar surface area (TPSA) is 76.2 Å². The quantitative estimate of drug-likeness (QED) is 0.477. The number of rotatable bonds is 5. The van der Waals surface area contributed by atoms with Gasteiger partial charge in [0.25, 0.3) is 0 Å². The Morgan fingerprint density at radius 2 is 1.82 bits per heavy atom. The standard InChI is InChI=1S/C27H32F6N2O5/c1-15(2)25(23(37)34-12-16-10-17(26(28,29)30)4-5-19(16)21(36)13-34)8-6-18(11-25)35(24(38)27(31,32)33)20-7-9-40-14-22(20)39-3/h4-5,10,15,18,20,22H,6-9,11-14H2,1-3H3/t18?,20-,22+,25+/m1/s1. The molecule has 1 aliphatic carbocycles. The SMILES string of the molecule is CO[C@H]1COCC[C@H]1N(C(=O)C(F)(F)F)C1CC[C@@](C(=O)N2CC(=O)c3ccc(C(F)(F)F)cc3C2)(C(C)C)C1. The number of ketones is 1. The van der Waals surface area contributed by atoms with Crippen molar-refractivity contribution in [1.82, 2.24) is 9.80 Å². The molecular weight excluding hydrogens is 546 g/mol. The predicted octanol–water partition coefficient (Wildman–Crippen LogP) is 4.62. The molecule has 0 radical (unpaired) electrons. The second-order valence-corrected chi connectivity index (χ2v) is 11.1. The number of benzene rings is 1. The number of hydrogen-bond donors (Lipinski definition) is 0. The van der Waals surface area contributed by atoms with Gasteiger partial charge in [-0.3, -0.25) is 14.4 Å². The van der Waals surface area contributed by atoms with E-state index in [1.54, 1.807) is 13.8 Å². The molecule has 0 bridgehead atoms. The summed E-state index contributed by atoms with van der Waals surface area (Å²) < 4.78 is 91.9.